The van der Waals surface area contributed by atoms with Crippen LogP contribution in [0.4, 0.5) is 0 Å². The molecule has 5 heteroatoms. The lowest BCUT2D eigenvalue weighted by Gasteiger charge is -2.20. The van der Waals surface area contributed by atoms with Crippen LogP contribution in [0.2, 0.25) is 0 Å². The highest BCUT2D eigenvalue weighted by atomic mass is 16.6. The van der Waals surface area contributed by atoms with Gasteiger partial charge in [0.05, 0.1) is 14.2 Å². The van der Waals surface area contributed by atoms with Crippen LogP contribution >= 0.6 is 0 Å². The number of carbonyl (C=O) groups is 2. The molecular formula is C20H22O5. The molecular weight excluding hydrogens is 320 g/mol. The van der Waals surface area contributed by atoms with Crippen LogP contribution in [0.3, 0.4) is 0 Å². The van der Waals surface area contributed by atoms with Crippen LogP contribution in [-0.4, -0.2) is 33.1 Å². The first-order chi connectivity index (χ1) is 12.1. The fourth-order valence-electron chi connectivity index (χ4n) is 2.77. The molecule has 0 aliphatic heterocycles. The van der Waals surface area contributed by atoms with Crippen molar-refractivity contribution in [1.29, 1.82) is 0 Å². The first-order valence-corrected chi connectivity index (χ1v) is 7.98. The Balaban J connectivity index is 2.56. The number of ether oxygens (including phenoxy) is 3. The minimum absolute atomic E-state index is 0.182. The first-order valence-electron chi connectivity index (χ1n) is 7.98. The van der Waals surface area contributed by atoms with E-state index in [1.54, 1.807) is 37.4 Å². The van der Waals surface area contributed by atoms with E-state index in [1.165, 1.54) is 14.2 Å². The van der Waals surface area contributed by atoms with Crippen molar-refractivity contribution in [3.8, 4) is 5.75 Å². The van der Waals surface area contributed by atoms with Gasteiger partial charge in [0.1, 0.15) is 5.75 Å². The fraction of sp³-hybridized carbons (Fsp3) is 0.300. The zero-order valence-corrected chi connectivity index (χ0v) is 14.9. The summed E-state index contributed by atoms with van der Waals surface area (Å²) in [5, 5.41) is 0. The highest BCUT2D eigenvalue weighted by molar-refractivity contribution is 6.10. The topological polar surface area (TPSA) is 61.8 Å². The summed E-state index contributed by atoms with van der Waals surface area (Å²) in [7, 11) is 4.29. The molecule has 0 aliphatic rings. The van der Waals surface area contributed by atoms with Crippen molar-refractivity contribution < 1.29 is 23.8 Å². The maximum absolute atomic E-state index is 13.0. The van der Waals surface area contributed by atoms with Gasteiger partial charge in [0, 0.05) is 23.8 Å². The van der Waals surface area contributed by atoms with Crippen LogP contribution in [-0.2, 0) is 20.7 Å². The van der Waals surface area contributed by atoms with Gasteiger partial charge >= 0.3 is 5.97 Å². The molecule has 5 nitrogen and oxygen atoms in total. The average Bonchev–Trinajstić information content (AvgIpc) is 2.67. The zero-order valence-electron chi connectivity index (χ0n) is 14.9. The molecule has 25 heavy (non-hydrogen) atoms. The van der Waals surface area contributed by atoms with Crippen LogP contribution in [0.15, 0.2) is 42.5 Å². The number of rotatable bonds is 7. The van der Waals surface area contributed by atoms with E-state index in [0.717, 1.165) is 5.56 Å². The molecule has 2 aromatic rings. The van der Waals surface area contributed by atoms with Crippen LogP contribution in [0, 0.1) is 0 Å². The fourth-order valence-corrected chi connectivity index (χ4v) is 2.77. The summed E-state index contributed by atoms with van der Waals surface area (Å²) < 4.78 is 15.3. The van der Waals surface area contributed by atoms with E-state index >= 15 is 0 Å². The van der Waals surface area contributed by atoms with E-state index in [1.807, 2.05) is 19.1 Å². The minimum Gasteiger partial charge on any atom is -0.497 e. The number of methoxy groups -OCH3 is 3. The Morgan fingerprint density at radius 1 is 1.00 bits per heavy atom. The third kappa shape index (κ3) is 3.88. The number of ketones is 1. The predicted molar refractivity (Wildman–Crippen MR) is 94.0 cm³/mol. The predicted octanol–water partition coefficient (Wildman–Crippen LogP) is 3.35. The van der Waals surface area contributed by atoms with Crippen LogP contribution < -0.4 is 4.74 Å². The van der Waals surface area contributed by atoms with Gasteiger partial charge in [-0.2, -0.15) is 0 Å². The van der Waals surface area contributed by atoms with Gasteiger partial charge in [-0.05, 0) is 36.2 Å². The van der Waals surface area contributed by atoms with Crippen molar-refractivity contribution in [3.05, 3.63) is 64.7 Å². The number of esters is 1. The molecule has 0 spiro atoms. The van der Waals surface area contributed by atoms with Crippen LogP contribution in [0.5, 0.6) is 5.75 Å². The number of hydrogen-bond acceptors (Lipinski definition) is 5. The summed E-state index contributed by atoms with van der Waals surface area (Å²) in [5.41, 5.74) is 2.37. The minimum atomic E-state index is -0.946. The second kappa shape index (κ2) is 8.44. The maximum atomic E-state index is 13.0. The lowest BCUT2D eigenvalue weighted by Crippen LogP contribution is -2.21. The Morgan fingerprint density at radius 3 is 2.20 bits per heavy atom. The summed E-state index contributed by atoms with van der Waals surface area (Å²) in [6, 6.07) is 12.2. The number of hydrogen-bond donors (Lipinski definition) is 0. The van der Waals surface area contributed by atoms with E-state index in [4.69, 9.17) is 14.2 Å². The summed E-state index contributed by atoms with van der Waals surface area (Å²) in [6.07, 6.45) is -0.283. The summed E-state index contributed by atoms with van der Waals surface area (Å²) in [6.45, 7) is 1.96. The Labute approximate surface area is 147 Å². The lowest BCUT2D eigenvalue weighted by molar-refractivity contribution is -0.152. The van der Waals surface area contributed by atoms with E-state index in [-0.39, 0.29) is 5.78 Å². The highest BCUT2D eigenvalue weighted by Crippen LogP contribution is 2.29. The van der Waals surface area contributed by atoms with E-state index < -0.39 is 12.1 Å². The van der Waals surface area contributed by atoms with Crippen molar-refractivity contribution in [2.24, 2.45) is 0 Å². The van der Waals surface area contributed by atoms with Gasteiger partial charge < -0.3 is 14.2 Å². The van der Waals surface area contributed by atoms with E-state index in [2.05, 4.69) is 0 Å². The molecule has 0 N–H and O–H groups in total. The molecule has 0 heterocycles. The van der Waals surface area contributed by atoms with Gasteiger partial charge in [0.15, 0.2) is 11.9 Å². The molecule has 0 radical (unpaired) electrons. The quantitative estimate of drug-likeness (QED) is 0.570. The van der Waals surface area contributed by atoms with Crippen LogP contribution in [0.1, 0.15) is 40.1 Å². The summed E-state index contributed by atoms with van der Waals surface area (Å²) in [5.74, 6) is -0.0468. The van der Waals surface area contributed by atoms with Crippen molar-refractivity contribution in [1.82, 2.24) is 0 Å². The number of aryl methyl sites for hydroxylation is 1. The maximum Gasteiger partial charge on any atom is 0.339 e. The average molecular weight is 342 g/mol. The smallest absolute Gasteiger partial charge is 0.339 e. The molecule has 2 aromatic carbocycles. The lowest BCUT2D eigenvalue weighted by atomic mass is 9.90. The molecule has 0 saturated carbocycles. The third-order valence-electron chi connectivity index (χ3n) is 4.09. The van der Waals surface area contributed by atoms with Crippen molar-refractivity contribution in [2.75, 3.05) is 21.3 Å². The van der Waals surface area contributed by atoms with Gasteiger partial charge in [-0.1, -0.05) is 25.1 Å². The largest absolute Gasteiger partial charge is 0.497 e. The number of carbonyl (C=O) groups excluding carboxylic acids is 2. The molecule has 0 amide bonds. The molecule has 0 saturated heterocycles. The van der Waals surface area contributed by atoms with Gasteiger partial charge in [-0.25, -0.2) is 4.79 Å². The molecule has 0 bridgehead atoms. The summed E-state index contributed by atoms with van der Waals surface area (Å²) >= 11 is 0. The molecule has 0 fully saturated rings. The van der Waals surface area contributed by atoms with Gasteiger partial charge in [0.25, 0.3) is 0 Å². The second-order valence-electron chi connectivity index (χ2n) is 5.43. The van der Waals surface area contributed by atoms with Crippen molar-refractivity contribution in [3.63, 3.8) is 0 Å². The molecule has 0 aliphatic carbocycles. The highest BCUT2D eigenvalue weighted by Gasteiger charge is 2.28. The van der Waals surface area contributed by atoms with Crippen molar-refractivity contribution in [2.45, 2.75) is 19.4 Å². The zero-order chi connectivity index (χ0) is 18.4. The Hall–Kier alpha value is -2.66. The van der Waals surface area contributed by atoms with E-state index in [0.29, 0.717) is 28.9 Å². The molecule has 2 rings (SSSR count). The van der Waals surface area contributed by atoms with Gasteiger partial charge in [-0.3, -0.25) is 4.79 Å². The molecule has 0 aromatic heterocycles. The molecule has 1 unspecified atom stereocenters. The Bertz CT molecular complexity index is 749. The second-order valence-corrected chi connectivity index (χ2v) is 5.43. The van der Waals surface area contributed by atoms with Crippen molar-refractivity contribution >= 4 is 11.8 Å². The first kappa shape index (κ1) is 18.7. The Morgan fingerprint density at radius 2 is 1.68 bits per heavy atom. The Kier molecular flexibility index (Phi) is 6.31. The van der Waals surface area contributed by atoms with E-state index in [9.17, 15) is 9.59 Å². The number of benzene rings is 2. The molecule has 132 valence electrons. The summed E-state index contributed by atoms with van der Waals surface area (Å²) in [4.78, 5) is 25.1. The standard InChI is InChI=1S/C20H22O5/c1-5-13-7-6-8-16(17(13)19(24-3)20(22)25-4)18(21)14-9-11-15(23-2)12-10-14/h6-12,19H,5H2,1-4H3. The third-order valence-corrected chi connectivity index (χ3v) is 4.09. The van der Waals surface area contributed by atoms with Crippen LogP contribution in [0.25, 0.3) is 0 Å². The van der Waals surface area contributed by atoms with Gasteiger partial charge in [0.2, 0.25) is 0 Å². The monoisotopic (exact) mass is 342 g/mol. The molecule has 1 atom stereocenters. The SMILES string of the molecule is CCc1cccc(C(=O)c2ccc(OC)cc2)c1C(OC)C(=O)OC. The normalized spacial score (nSPS) is 11.7. The van der Waals surface area contributed by atoms with Gasteiger partial charge in [-0.15, -0.1) is 0 Å².